The van der Waals surface area contributed by atoms with Gasteiger partial charge in [0.1, 0.15) is 5.03 Å². The highest BCUT2D eigenvalue weighted by Gasteiger charge is 2.13. The smallest absolute Gasteiger partial charge is 0.306 e. The van der Waals surface area contributed by atoms with E-state index in [-0.39, 0.29) is 11.2 Å². The normalized spacial score (nSPS) is 12.2. The molecule has 1 heterocycles. The molecule has 3 nitrogen and oxygen atoms in total. The molecule has 6 heteroatoms. The molecule has 1 atom stereocenters. The Morgan fingerprint density at radius 1 is 1.62 bits per heavy atom. The van der Waals surface area contributed by atoms with Gasteiger partial charge in [-0.15, -0.1) is 11.8 Å². The minimum Gasteiger partial charge on any atom is -0.469 e. The summed E-state index contributed by atoms with van der Waals surface area (Å²) in [5.41, 5.74) is 0. The molecule has 0 aromatic carbocycles. The monoisotopic (exact) mass is 279 g/mol. The van der Waals surface area contributed by atoms with Crippen LogP contribution in [0, 0.1) is 0 Å². The summed E-state index contributed by atoms with van der Waals surface area (Å²) in [7, 11) is 1.37. The summed E-state index contributed by atoms with van der Waals surface area (Å²) in [6, 6.07) is 1.63. The van der Waals surface area contributed by atoms with Crippen molar-refractivity contribution in [2.45, 2.75) is 23.6 Å². The third-order valence-electron chi connectivity index (χ3n) is 1.77. The van der Waals surface area contributed by atoms with Crippen LogP contribution in [0.4, 0.5) is 0 Å². The molecule has 0 radical (unpaired) electrons. The van der Waals surface area contributed by atoms with Crippen molar-refractivity contribution in [3.63, 3.8) is 0 Å². The van der Waals surface area contributed by atoms with Crippen LogP contribution in [0.1, 0.15) is 13.3 Å². The van der Waals surface area contributed by atoms with Crippen LogP contribution in [0.5, 0.6) is 0 Å². The molecule has 1 aromatic heterocycles. The average molecular weight is 280 g/mol. The Kier molecular flexibility index (Phi) is 5.38. The SMILES string of the molecule is COC(=O)CC(C)Sc1ncc(Cl)cc1Cl. The van der Waals surface area contributed by atoms with Crippen molar-refractivity contribution in [1.29, 1.82) is 0 Å². The Balaban J connectivity index is 2.62. The molecule has 0 N–H and O–H groups in total. The molecule has 0 amide bonds. The second-order valence-corrected chi connectivity index (χ2v) is 5.42. The van der Waals surface area contributed by atoms with Crippen molar-refractivity contribution in [2.75, 3.05) is 7.11 Å². The van der Waals surface area contributed by atoms with Crippen molar-refractivity contribution in [3.05, 3.63) is 22.3 Å². The predicted octanol–water partition coefficient (Wildman–Crippen LogP) is 3.43. The molecular weight excluding hydrogens is 269 g/mol. The summed E-state index contributed by atoms with van der Waals surface area (Å²) >= 11 is 13.1. The van der Waals surface area contributed by atoms with E-state index in [0.29, 0.717) is 21.5 Å². The number of ether oxygens (including phenoxy) is 1. The van der Waals surface area contributed by atoms with Crippen LogP contribution in [0.15, 0.2) is 17.3 Å². The van der Waals surface area contributed by atoms with Crippen molar-refractivity contribution in [1.82, 2.24) is 4.98 Å². The molecule has 88 valence electrons. The minimum absolute atomic E-state index is 0.0543. The van der Waals surface area contributed by atoms with Crippen molar-refractivity contribution >= 4 is 40.9 Å². The number of methoxy groups -OCH3 is 1. The highest BCUT2D eigenvalue weighted by molar-refractivity contribution is 8.00. The first-order chi connectivity index (χ1) is 7.52. The Morgan fingerprint density at radius 2 is 2.31 bits per heavy atom. The van der Waals surface area contributed by atoms with Gasteiger partial charge in [-0.3, -0.25) is 4.79 Å². The summed E-state index contributed by atoms with van der Waals surface area (Å²) < 4.78 is 4.58. The highest BCUT2D eigenvalue weighted by atomic mass is 35.5. The molecular formula is C10H11Cl2NO2S. The second kappa shape index (κ2) is 6.33. The lowest BCUT2D eigenvalue weighted by molar-refractivity contribution is -0.140. The highest BCUT2D eigenvalue weighted by Crippen LogP contribution is 2.31. The zero-order valence-corrected chi connectivity index (χ0v) is 11.2. The van der Waals surface area contributed by atoms with Crippen LogP contribution in [0.3, 0.4) is 0 Å². The topological polar surface area (TPSA) is 39.2 Å². The fourth-order valence-electron chi connectivity index (χ4n) is 1.04. The lowest BCUT2D eigenvalue weighted by Crippen LogP contribution is -2.08. The van der Waals surface area contributed by atoms with Gasteiger partial charge in [0.05, 0.1) is 23.6 Å². The average Bonchev–Trinajstić information content (AvgIpc) is 2.22. The van der Waals surface area contributed by atoms with E-state index in [9.17, 15) is 4.79 Å². The van der Waals surface area contributed by atoms with Gasteiger partial charge in [-0.25, -0.2) is 4.98 Å². The number of thioether (sulfide) groups is 1. The number of pyridine rings is 1. The molecule has 0 bridgehead atoms. The van der Waals surface area contributed by atoms with Crippen LogP contribution in [0.25, 0.3) is 0 Å². The maximum atomic E-state index is 11.0. The number of carbonyl (C=O) groups is 1. The zero-order valence-electron chi connectivity index (χ0n) is 8.87. The first-order valence-electron chi connectivity index (χ1n) is 4.57. The van der Waals surface area contributed by atoms with Crippen molar-refractivity contribution in [2.24, 2.45) is 0 Å². The van der Waals surface area contributed by atoms with E-state index < -0.39 is 0 Å². The third kappa shape index (κ3) is 4.20. The lowest BCUT2D eigenvalue weighted by atomic mass is 10.3. The summed E-state index contributed by atoms with van der Waals surface area (Å²) in [5, 5.41) is 1.71. The lowest BCUT2D eigenvalue weighted by Gasteiger charge is -2.09. The van der Waals surface area contributed by atoms with E-state index in [0.717, 1.165) is 0 Å². The van der Waals surface area contributed by atoms with Gasteiger partial charge in [0.15, 0.2) is 0 Å². The van der Waals surface area contributed by atoms with E-state index >= 15 is 0 Å². The quantitative estimate of drug-likeness (QED) is 0.625. The number of aromatic nitrogens is 1. The maximum Gasteiger partial charge on any atom is 0.306 e. The third-order valence-corrected chi connectivity index (χ3v) is 3.49. The number of hydrogen-bond acceptors (Lipinski definition) is 4. The molecule has 1 unspecified atom stereocenters. The fourth-order valence-corrected chi connectivity index (χ4v) is 2.44. The van der Waals surface area contributed by atoms with Crippen LogP contribution >= 0.6 is 35.0 Å². The summed E-state index contributed by atoms with van der Waals surface area (Å²) in [4.78, 5) is 15.1. The Morgan fingerprint density at radius 3 is 2.88 bits per heavy atom. The summed E-state index contributed by atoms with van der Waals surface area (Å²) in [5.74, 6) is -0.245. The number of halogens is 2. The molecule has 0 fully saturated rings. The van der Waals surface area contributed by atoms with Gasteiger partial charge in [0.25, 0.3) is 0 Å². The van der Waals surface area contributed by atoms with Gasteiger partial charge in [0, 0.05) is 11.4 Å². The first-order valence-corrected chi connectivity index (χ1v) is 6.21. The molecule has 0 aliphatic heterocycles. The van der Waals surface area contributed by atoms with Gasteiger partial charge >= 0.3 is 5.97 Å². The number of nitrogens with zero attached hydrogens (tertiary/aromatic N) is 1. The molecule has 0 spiro atoms. The van der Waals surface area contributed by atoms with Crippen LogP contribution in [-0.4, -0.2) is 23.3 Å². The molecule has 0 aliphatic rings. The van der Waals surface area contributed by atoms with E-state index in [4.69, 9.17) is 23.2 Å². The van der Waals surface area contributed by atoms with Gasteiger partial charge in [0.2, 0.25) is 0 Å². The van der Waals surface area contributed by atoms with Crippen molar-refractivity contribution < 1.29 is 9.53 Å². The number of carbonyl (C=O) groups excluding carboxylic acids is 1. The Labute approximate surface area is 108 Å². The largest absolute Gasteiger partial charge is 0.469 e. The van der Waals surface area contributed by atoms with Crippen LogP contribution in [-0.2, 0) is 9.53 Å². The first kappa shape index (κ1) is 13.6. The predicted molar refractivity (Wildman–Crippen MR) is 66.2 cm³/mol. The molecule has 0 saturated carbocycles. The van der Waals surface area contributed by atoms with E-state index in [2.05, 4.69) is 9.72 Å². The molecule has 1 aromatic rings. The molecule has 0 saturated heterocycles. The van der Waals surface area contributed by atoms with E-state index in [1.807, 2.05) is 6.92 Å². The van der Waals surface area contributed by atoms with Gasteiger partial charge in [-0.05, 0) is 6.07 Å². The van der Waals surface area contributed by atoms with Crippen LogP contribution in [0.2, 0.25) is 10.0 Å². The van der Waals surface area contributed by atoms with Gasteiger partial charge in [-0.2, -0.15) is 0 Å². The van der Waals surface area contributed by atoms with Gasteiger partial charge in [-0.1, -0.05) is 30.1 Å². The zero-order chi connectivity index (χ0) is 12.1. The number of rotatable bonds is 4. The minimum atomic E-state index is -0.245. The molecule has 16 heavy (non-hydrogen) atoms. The molecule has 1 rings (SSSR count). The summed E-state index contributed by atoms with van der Waals surface area (Å²) in [6.07, 6.45) is 1.85. The fraction of sp³-hybridized carbons (Fsp3) is 0.400. The summed E-state index contributed by atoms with van der Waals surface area (Å²) in [6.45, 7) is 1.91. The van der Waals surface area contributed by atoms with E-state index in [1.165, 1.54) is 25.1 Å². The second-order valence-electron chi connectivity index (χ2n) is 3.15. The van der Waals surface area contributed by atoms with Crippen molar-refractivity contribution in [3.8, 4) is 0 Å². The van der Waals surface area contributed by atoms with Gasteiger partial charge < -0.3 is 4.74 Å². The standard InChI is InChI=1S/C10H11Cl2NO2S/c1-6(3-9(14)15-2)16-10-8(12)4-7(11)5-13-10/h4-6H,3H2,1-2H3. The number of esters is 1. The Bertz CT molecular complexity index is 387. The molecule has 0 aliphatic carbocycles. The number of hydrogen-bond donors (Lipinski definition) is 0. The van der Waals surface area contributed by atoms with E-state index in [1.54, 1.807) is 6.07 Å². The Hall–Kier alpha value is -0.450. The maximum absolute atomic E-state index is 11.0. The van der Waals surface area contributed by atoms with Crippen LogP contribution < -0.4 is 0 Å².